The standard InChI is InChI=1S/C37H45F6N5O5S/c1-4-45(5-2)16-12-31-35(53-26-23-32(54-25-26)37(41,42)43,13-8-15-48(31)33(49)27-24-44-14-11-28(27)36(38,39)40)34(50)47-19-17-46(18-20-47)29-9-6-7-10-30(29)52-22-21-51-3/h6-7,9-11,14,23-25,31H,4-5,8,12-13,15-22H2,1-3H3/t31-,35+/m1/s1. The van der Waals surface area contributed by atoms with Crippen molar-refractivity contribution < 1.29 is 50.1 Å². The second kappa shape index (κ2) is 17.6. The molecule has 2 aliphatic heterocycles. The number of carbonyl (C=O) groups is 2. The maximum absolute atomic E-state index is 15.1. The third kappa shape index (κ3) is 9.22. The monoisotopic (exact) mass is 785 g/mol. The van der Waals surface area contributed by atoms with Crippen molar-refractivity contribution in [1.82, 2.24) is 19.7 Å². The third-order valence-electron chi connectivity index (χ3n) is 9.93. The molecule has 0 N–H and O–H groups in total. The number of thiophene rings is 1. The van der Waals surface area contributed by atoms with Crippen molar-refractivity contribution in [3.63, 3.8) is 0 Å². The van der Waals surface area contributed by atoms with Crippen molar-refractivity contribution in [2.75, 3.05) is 77.6 Å². The van der Waals surface area contributed by atoms with Gasteiger partial charge in [0.1, 0.15) is 23.0 Å². The SMILES string of the molecule is CCN(CC)CC[C@H]1N(C(=O)c2cnccc2C(F)(F)F)CCC[C@@]1(Oc1csc(C(F)(F)F)c1)C(=O)N1CCN(c2ccccc2OCCOC)CC1. The molecular weight excluding hydrogens is 740 g/mol. The first-order valence-corrected chi connectivity index (χ1v) is 18.8. The van der Waals surface area contributed by atoms with Crippen molar-refractivity contribution in [2.24, 2.45) is 0 Å². The van der Waals surface area contributed by atoms with Gasteiger partial charge in [0.05, 0.1) is 29.5 Å². The fourth-order valence-electron chi connectivity index (χ4n) is 7.17. The highest BCUT2D eigenvalue weighted by molar-refractivity contribution is 7.10. The van der Waals surface area contributed by atoms with Crippen LogP contribution in [-0.4, -0.2) is 116 Å². The van der Waals surface area contributed by atoms with Gasteiger partial charge in [-0.1, -0.05) is 26.0 Å². The third-order valence-corrected chi connectivity index (χ3v) is 10.9. The zero-order valence-electron chi connectivity index (χ0n) is 30.4. The molecule has 54 heavy (non-hydrogen) atoms. The summed E-state index contributed by atoms with van der Waals surface area (Å²) in [5.41, 5.74) is -2.97. The number of nitrogens with zero attached hydrogens (tertiary/aromatic N) is 5. The van der Waals surface area contributed by atoms with E-state index in [2.05, 4.69) is 9.88 Å². The number of piperazine rings is 1. The summed E-state index contributed by atoms with van der Waals surface area (Å²) < 4.78 is 101. The predicted molar refractivity (Wildman–Crippen MR) is 191 cm³/mol. The van der Waals surface area contributed by atoms with E-state index in [-0.39, 0.29) is 44.6 Å². The van der Waals surface area contributed by atoms with Crippen LogP contribution in [0.3, 0.4) is 0 Å². The molecule has 1 aromatic carbocycles. The van der Waals surface area contributed by atoms with Gasteiger partial charge < -0.3 is 33.8 Å². The number of alkyl halides is 6. The molecule has 0 saturated carbocycles. The van der Waals surface area contributed by atoms with Gasteiger partial charge in [-0.3, -0.25) is 14.6 Å². The van der Waals surface area contributed by atoms with Crippen molar-refractivity contribution in [1.29, 1.82) is 0 Å². The molecule has 3 aromatic rings. The number of hydrogen-bond donors (Lipinski definition) is 0. The Morgan fingerprint density at radius 1 is 0.981 bits per heavy atom. The zero-order valence-corrected chi connectivity index (χ0v) is 31.2. The second-order valence-corrected chi connectivity index (χ2v) is 14.0. The van der Waals surface area contributed by atoms with Crippen LogP contribution in [0.25, 0.3) is 0 Å². The van der Waals surface area contributed by atoms with Crippen LogP contribution in [0.15, 0.2) is 54.2 Å². The first-order valence-electron chi connectivity index (χ1n) is 17.9. The van der Waals surface area contributed by atoms with Gasteiger partial charge in [-0.25, -0.2) is 0 Å². The lowest BCUT2D eigenvalue weighted by Crippen LogP contribution is -2.69. The molecule has 5 rings (SSSR count). The van der Waals surface area contributed by atoms with Gasteiger partial charge >= 0.3 is 12.4 Å². The summed E-state index contributed by atoms with van der Waals surface area (Å²) in [5, 5.41) is 1.17. The maximum atomic E-state index is 15.1. The number of likely N-dealkylation sites (tertiary alicyclic amines) is 1. The Hall–Kier alpha value is -4.09. The normalized spacial score (nSPS) is 19.7. The minimum Gasteiger partial charge on any atom is -0.489 e. The van der Waals surface area contributed by atoms with Gasteiger partial charge in [-0.15, -0.1) is 11.3 Å². The predicted octanol–water partition coefficient (Wildman–Crippen LogP) is 6.71. The molecule has 2 amide bonds. The number of carbonyl (C=O) groups excluding carboxylic acids is 2. The average molecular weight is 786 g/mol. The number of ether oxygens (including phenoxy) is 3. The topological polar surface area (TPSA) is 87.7 Å². The zero-order chi connectivity index (χ0) is 39.1. The summed E-state index contributed by atoms with van der Waals surface area (Å²) in [6.45, 7) is 7.28. The molecule has 0 spiro atoms. The van der Waals surface area contributed by atoms with Gasteiger partial charge in [0.2, 0.25) is 5.60 Å². The van der Waals surface area contributed by atoms with Crippen LogP contribution >= 0.6 is 11.3 Å². The van der Waals surface area contributed by atoms with Crippen LogP contribution in [-0.2, 0) is 21.9 Å². The summed E-state index contributed by atoms with van der Waals surface area (Å²) >= 11 is 0.409. The molecule has 4 heterocycles. The van der Waals surface area contributed by atoms with Crippen LogP contribution in [0.5, 0.6) is 11.5 Å². The van der Waals surface area contributed by atoms with Gasteiger partial charge in [-0.05, 0) is 44.1 Å². The molecule has 2 atom stereocenters. The minimum atomic E-state index is -4.87. The molecule has 2 aliphatic rings. The van der Waals surface area contributed by atoms with Crippen molar-refractivity contribution >= 4 is 28.8 Å². The summed E-state index contributed by atoms with van der Waals surface area (Å²) in [6.07, 6.45) is -7.48. The molecule has 2 saturated heterocycles. The van der Waals surface area contributed by atoms with E-state index in [1.54, 1.807) is 12.0 Å². The van der Waals surface area contributed by atoms with Crippen molar-refractivity contribution in [2.45, 2.75) is 57.1 Å². The molecule has 2 aromatic heterocycles. The fourth-order valence-corrected chi connectivity index (χ4v) is 7.84. The Labute approximate surface area is 314 Å². The Balaban J connectivity index is 1.53. The average Bonchev–Trinajstić information content (AvgIpc) is 3.64. The van der Waals surface area contributed by atoms with Crippen LogP contribution in [0.1, 0.15) is 53.9 Å². The second-order valence-electron chi connectivity index (χ2n) is 13.1. The Morgan fingerprint density at radius 2 is 1.70 bits per heavy atom. The molecule has 0 aliphatic carbocycles. The largest absolute Gasteiger partial charge is 0.489 e. The first kappa shape index (κ1) is 41.1. The van der Waals surface area contributed by atoms with E-state index in [1.165, 1.54) is 10.3 Å². The molecule has 0 unspecified atom stereocenters. The van der Waals surface area contributed by atoms with E-state index >= 15 is 4.79 Å². The number of anilines is 1. The van der Waals surface area contributed by atoms with Crippen LogP contribution in [0, 0.1) is 0 Å². The van der Waals surface area contributed by atoms with E-state index in [0.717, 1.165) is 30.2 Å². The molecule has 2 fully saturated rings. The van der Waals surface area contributed by atoms with E-state index in [9.17, 15) is 31.1 Å². The lowest BCUT2D eigenvalue weighted by Gasteiger charge is -2.51. The summed E-state index contributed by atoms with van der Waals surface area (Å²) in [4.78, 5) is 39.1. The summed E-state index contributed by atoms with van der Waals surface area (Å²) in [6, 6.07) is 7.86. The number of para-hydroxylation sites is 2. The number of amides is 2. The smallest absolute Gasteiger partial charge is 0.425 e. The van der Waals surface area contributed by atoms with Gasteiger partial charge in [0.25, 0.3) is 11.8 Å². The quantitative estimate of drug-likeness (QED) is 0.132. The van der Waals surface area contributed by atoms with E-state index in [4.69, 9.17) is 14.2 Å². The lowest BCUT2D eigenvalue weighted by molar-refractivity contribution is -0.159. The van der Waals surface area contributed by atoms with Crippen molar-refractivity contribution in [3.8, 4) is 11.5 Å². The summed E-state index contributed by atoms with van der Waals surface area (Å²) in [5.74, 6) is -1.10. The number of rotatable bonds is 14. The Morgan fingerprint density at radius 3 is 2.35 bits per heavy atom. The van der Waals surface area contributed by atoms with Gasteiger partial charge in [-0.2, -0.15) is 26.3 Å². The lowest BCUT2D eigenvalue weighted by atomic mass is 9.80. The number of aromatic nitrogens is 1. The number of benzene rings is 1. The fraction of sp³-hybridized carbons (Fsp3) is 0.541. The van der Waals surface area contributed by atoms with E-state index in [1.807, 2.05) is 43.0 Å². The maximum Gasteiger partial charge on any atom is 0.425 e. The van der Waals surface area contributed by atoms with E-state index < -0.39 is 51.8 Å². The highest BCUT2D eigenvalue weighted by Crippen LogP contribution is 2.43. The number of pyridine rings is 1. The van der Waals surface area contributed by atoms with Gasteiger partial charge in [0, 0.05) is 76.6 Å². The van der Waals surface area contributed by atoms with Crippen LogP contribution in [0.2, 0.25) is 0 Å². The number of methoxy groups -OCH3 is 1. The number of hydrogen-bond acceptors (Lipinski definition) is 9. The van der Waals surface area contributed by atoms with Crippen LogP contribution in [0.4, 0.5) is 32.0 Å². The van der Waals surface area contributed by atoms with Crippen molar-refractivity contribution in [3.05, 3.63) is 70.2 Å². The van der Waals surface area contributed by atoms with Gasteiger partial charge in [0.15, 0.2) is 0 Å². The molecule has 296 valence electrons. The minimum absolute atomic E-state index is 0.00258. The molecule has 10 nitrogen and oxygen atoms in total. The Kier molecular flexibility index (Phi) is 13.4. The number of piperidine rings is 1. The summed E-state index contributed by atoms with van der Waals surface area (Å²) in [7, 11) is 1.57. The molecular formula is C37H45F6N5O5S. The first-order chi connectivity index (χ1) is 25.7. The molecule has 0 radical (unpaired) electrons. The Bertz CT molecular complexity index is 1710. The van der Waals surface area contributed by atoms with Crippen LogP contribution < -0.4 is 14.4 Å². The number of halogens is 6. The highest BCUT2D eigenvalue weighted by atomic mass is 32.1. The molecule has 17 heteroatoms. The highest BCUT2D eigenvalue weighted by Gasteiger charge is 2.56. The van der Waals surface area contributed by atoms with E-state index in [0.29, 0.717) is 63.0 Å². The molecule has 0 bridgehead atoms.